The zero-order valence-corrected chi connectivity index (χ0v) is 20.8. The van der Waals surface area contributed by atoms with Gasteiger partial charge >= 0.3 is 6.18 Å². The van der Waals surface area contributed by atoms with Gasteiger partial charge in [0.15, 0.2) is 11.6 Å². The highest BCUT2D eigenvalue weighted by atomic mass is 32.1. The van der Waals surface area contributed by atoms with Crippen LogP contribution in [0, 0.1) is 5.82 Å². The van der Waals surface area contributed by atoms with Crippen LogP contribution in [0.25, 0.3) is 10.6 Å². The average Bonchev–Trinajstić information content (AvgIpc) is 3.60. The molecule has 2 aromatic carbocycles. The molecule has 1 N–H and O–H groups in total. The molecule has 1 amide bonds. The van der Waals surface area contributed by atoms with Gasteiger partial charge in [-0.15, -0.1) is 11.3 Å². The number of rotatable bonds is 7. The Bertz CT molecular complexity index is 1510. The lowest BCUT2D eigenvalue weighted by molar-refractivity contribution is -0.138. The Morgan fingerprint density at radius 2 is 1.95 bits per heavy atom. The number of aromatic nitrogens is 3. The lowest BCUT2D eigenvalue weighted by Gasteiger charge is -2.30. The normalized spacial score (nSPS) is 15.3. The van der Waals surface area contributed by atoms with E-state index in [9.17, 15) is 27.2 Å². The Balaban J connectivity index is 1.58. The highest BCUT2D eigenvalue weighted by molar-refractivity contribution is 7.13. The number of hydrogen-bond acceptors (Lipinski definition) is 8. The zero-order valence-electron chi connectivity index (χ0n) is 20.0. The second-order valence-corrected chi connectivity index (χ2v) is 9.39. The van der Waals surface area contributed by atoms with E-state index in [-0.39, 0.29) is 17.9 Å². The first kappa shape index (κ1) is 26.2. The number of halogens is 4. The van der Waals surface area contributed by atoms with Crippen molar-refractivity contribution in [1.29, 1.82) is 0 Å². The van der Waals surface area contributed by atoms with Gasteiger partial charge in [0.05, 0.1) is 29.8 Å². The largest absolute Gasteiger partial charge is 0.454 e. The number of aldehydes is 1. The molecule has 0 unspecified atom stereocenters. The highest BCUT2D eigenvalue weighted by Crippen LogP contribution is 2.49. The van der Waals surface area contributed by atoms with E-state index in [0.717, 1.165) is 23.5 Å². The molecule has 0 bridgehead atoms. The van der Waals surface area contributed by atoms with E-state index in [1.165, 1.54) is 46.9 Å². The SMILES string of the molecule is O=C[C@H]1CCCN1c1c(NC(=O)c2csc(-c3ccnnc3)n2)ccc(Oc2ccccc2F)c1C(F)(F)F. The second kappa shape index (κ2) is 10.8. The maximum absolute atomic E-state index is 14.6. The van der Waals surface area contributed by atoms with Crippen molar-refractivity contribution in [3.05, 3.63) is 77.3 Å². The number of hydrogen-bond donors (Lipinski definition) is 1. The third-order valence-corrected chi connectivity index (χ3v) is 6.93. The maximum atomic E-state index is 14.6. The summed E-state index contributed by atoms with van der Waals surface area (Å²) < 4.78 is 63.5. The molecule has 0 radical (unpaired) electrons. The highest BCUT2D eigenvalue weighted by Gasteiger charge is 2.42. The van der Waals surface area contributed by atoms with Crippen LogP contribution in [0.4, 0.5) is 28.9 Å². The van der Waals surface area contributed by atoms with Crippen LogP contribution in [0.1, 0.15) is 28.9 Å². The van der Waals surface area contributed by atoms with Gasteiger partial charge in [-0.2, -0.15) is 23.4 Å². The van der Waals surface area contributed by atoms with E-state index in [0.29, 0.717) is 29.7 Å². The monoisotopic (exact) mass is 557 g/mol. The van der Waals surface area contributed by atoms with E-state index in [1.54, 1.807) is 6.07 Å². The summed E-state index contributed by atoms with van der Waals surface area (Å²) in [5, 5.41) is 11.9. The summed E-state index contributed by atoms with van der Waals surface area (Å²) >= 11 is 1.16. The van der Waals surface area contributed by atoms with E-state index in [2.05, 4.69) is 20.5 Å². The van der Waals surface area contributed by atoms with Gasteiger partial charge < -0.3 is 19.7 Å². The van der Waals surface area contributed by atoms with Crippen molar-refractivity contribution in [3.63, 3.8) is 0 Å². The van der Waals surface area contributed by atoms with Crippen molar-refractivity contribution < 1.29 is 31.9 Å². The van der Waals surface area contributed by atoms with Crippen molar-refractivity contribution in [2.45, 2.75) is 25.1 Å². The van der Waals surface area contributed by atoms with Crippen LogP contribution >= 0.6 is 11.3 Å². The molecule has 2 aromatic heterocycles. The number of thiazole rings is 1. The minimum absolute atomic E-state index is 0.0219. The molecule has 5 rings (SSSR count). The first-order chi connectivity index (χ1) is 18.8. The fourth-order valence-electron chi connectivity index (χ4n) is 4.30. The van der Waals surface area contributed by atoms with Crippen LogP contribution in [-0.4, -0.2) is 40.0 Å². The number of nitrogens with zero attached hydrogens (tertiary/aromatic N) is 4. The first-order valence-electron chi connectivity index (χ1n) is 11.7. The molecule has 0 saturated carbocycles. The van der Waals surface area contributed by atoms with E-state index in [1.807, 2.05) is 0 Å². The van der Waals surface area contributed by atoms with Gasteiger partial charge in [-0.05, 0) is 43.2 Å². The van der Waals surface area contributed by atoms with Crippen molar-refractivity contribution in [1.82, 2.24) is 15.2 Å². The number of carbonyl (C=O) groups is 2. The number of ether oxygens (including phenoxy) is 1. The fourth-order valence-corrected chi connectivity index (χ4v) is 5.09. The molecule has 1 atom stereocenters. The molecule has 13 heteroatoms. The lowest BCUT2D eigenvalue weighted by atomic mass is 10.1. The summed E-state index contributed by atoms with van der Waals surface area (Å²) in [6.45, 7) is 0.133. The Morgan fingerprint density at radius 3 is 2.67 bits per heavy atom. The molecule has 8 nitrogen and oxygen atoms in total. The number of para-hydroxylation sites is 1. The van der Waals surface area contributed by atoms with E-state index < -0.39 is 46.7 Å². The topological polar surface area (TPSA) is 97.3 Å². The molecule has 1 fully saturated rings. The molecule has 1 aliphatic rings. The maximum Gasteiger partial charge on any atom is 0.422 e. The van der Waals surface area contributed by atoms with Gasteiger partial charge in [-0.3, -0.25) is 4.79 Å². The van der Waals surface area contributed by atoms with Gasteiger partial charge in [0.25, 0.3) is 5.91 Å². The number of benzene rings is 2. The van der Waals surface area contributed by atoms with Crippen molar-refractivity contribution in [2.75, 3.05) is 16.8 Å². The average molecular weight is 558 g/mol. The zero-order chi connectivity index (χ0) is 27.6. The molecule has 0 aliphatic carbocycles. The third-order valence-electron chi connectivity index (χ3n) is 6.04. The Kier molecular flexibility index (Phi) is 7.24. The number of carbonyl (C=O) groups excluding carboxylic acids is 2. The van der Waals surface area contributed by atoms with Gasteiger partial charge in [-0.25, -0.2) is 9.37 Å². The van der Waals surface area contributed by atoms with Crippen LogP contribution < -0.4 is 15.0 Å². The van der Waals surface area contributed by atoms with Crippen LogP contribution in [0.3, 0.4) is 0 Å². The minimum Gasteiger partial charge on any atom is -0.454 e. The van der Waals surface area contributed by atoms with Crippen LogP contribution in [-0.2, 0) is 11.0 Å². The van der Waals surface area contributed by atoms with Crippen LogP contribution in [0.15, 0.2) is 60.2 Å². The Morgan fingerprint density at radius 1 is 1.13 bits per heavy atom. The quantitative estimate of drug-likeness (QED) is 0.221. The van der Waals surface area contributed by atoms with Gasteiger partial charge in [0.1, 0.15) is 28.3 Å². The van der Waals surface area contributed by atoms with Crippen molar-refractivity contribution in [3.8, 4) is 22.1 Å². The molecular weight excluding hydrogens is 538 g/mol. The number of nitrogens with one attached hydrogen (secondary N) is 1. The lowest BCUT2D eigenvalue weighted by Crippen LogP contribution is -2.33. The standard InChI is InChI=1S/C26H19F4N5O3S/c27-17-5-1-2-6-20(17)38-21-8-7-18(23(22(21)26(28,29)30)35-11-3-4-16(35)13-36)33-24(37)19-14-39-25(34-19)15-9-10-31-32-12-15/h1-2,5-10,12-14,16H,3-4,11H2,(H,33,37)/t16-/m1/s1. The summed E-state index contributed by atoms with van der Waals surface area (Å²) in [6.07, 6.45) is -0.682. The Labute approximate surface area is 223 Å². The van der Waals surface area contributed by atoms with Crippen molar-refractivity contribution >= 4 is 34.9 Å². The summed E-state index contributed by atoms with van der Waals surface area (Å²) in [5.74, 6) is -2.67. The molecule has 39 heavy (non-hydrogen) atoms. The van der Waals surface area contributed by atoms with Crippen LogP contribution in [0.2, 0.25) is 0 Å². The van der Waals surface area contributed by atoms with Crippen LogP contribution in [0.5, 0.6) is 11.5 Å². The summed E-state index contributed by atoms with van der Waals surface area (Å²) in [7, 11) is 0. The third kappa shape index (κ3) is 5.43. The van der Waals surface area contributed by atoms with E-state index >= 15 is 0 Å². The number of amides is 1. The summed E-state index contributed by atoms with van der Waals surface area (Å²) in [5.41, 5.74) is -1.27. The van der Waals surface area contributed by atoms with Gasteiger partial charge in [0.2, 0.25) is 0 Å². The Hall–Kier alpha value is -4.39. The second-order valence-electron chi connectivity index (χ2n) is 8.53. The molecule has 3 heterocycles. The molecule has 200 valence electrons. The molecular formula is C26H19F4N5O3S. The van der Waals surface area contributed by atoms with E-state index in [4.69, 9.17) is 4.74 Å². The molecule has 1 aliphatic heterocycles. The minimum atomic E-state index is -4.98. The number of alkyl halides is 3. The predicted octanol–water partition coefficient (Wildman–Crippen LogP) is 5.97. The molecule has 4 aromatic rings. The van der Waals surface area contributed by atoms with Gasteiger partial charge in [0, 0.05) is 17.5 Å². The molecule has 0 spiro atoms. The molecule has 1 saturated heterocycles. The fraction of sp³-hybridized carbons (Fsp3) is 0.192. The summed E-state index contributed by atoms with van der Waals surface area (Å²) in [6, 6.07) is 8.12. The number of anilines is 2. The smallest absolute Gasteiger partial charge is 0.422 e. The first-order valence-corrected chi connectivity index (χ1v) is 12.6. The predicted molar refractivity (Wildman–Crippen MR) is 135 cm³/mol. The van der Waals surface area contributed by atoms with Gasteiger partial charge in [-0.1, -0.05) is 12.1 Å². The van der Waals surface area contributed by atoms with Crippen molar-refractivity contribution in [2.24, 2.45) is 0 Å². The summed E-state index contributed by atoms with van der Waals surface area (Å²) in [4.78, 5) is 30.4.